The molecule has 2 aromatic rings. The van der Waals surface area contributed by atoms with Crippen molar-refractivity contribution in [2.75, 3.05) is 61.1 Å². The Morgan fingerprint density at radius 1 is 1.07 bits per heavy atom. The molecule has 150 valence electrons. The normalized spacial score (nSPS) is 20.2. The number of piperidine rings is 1. The van der Waals surface area contributed by atoms with Gasteiger partial charge in [0.1, 0.15) is 5.82 Å². The summed E-state index contributed by atoms with van der Waals surface area (Å²) < 4.78 is 5.46. The summed E-state index contributed by atoms with van der Waals surface area (Å²) in [4.78, 5) is 9.34. The second-order valence-corrected chi connectivity index (χ2v) is 7.57. The summed E-state index contributed by atoms with van der Waals surface area (Å²) in [5, 5.41) is 12.9. The molecule has 0 amide bonds. The number of benzene rings is 1. The number of rotatable bonds is 6. The van der Waals surface area contributed by atoms with Crippen molar-refractivity contribution in [3.63, 3.8) is 0 Å². The monoisotopic (exact) mass is 382 g/mol. The molecule has 6 heteroatoms. The maximum Gasteiger partial charge on any atom is 0.128 e. The van der Waals surface area contributed by atoms with Crippen LogP contribution in [0.5, 0.6) is 0 Å². The molecule has 2 saturated heterocycles. The summed E-state index contributed by atoms with van der Waals surface area (Å²) in [6, 6.07) is 13.2. The van der Waals surface area contributed by atoms with Gasteiger partial charge >= 0.3 is 0 Å². The molecule has 0 radical (unpaired) electrons. The number of morpholine rings is 1. The standard InChI is InChI=1S/C22H30N4O2/c27-12-7-18-3-1-5-20(15-18)26-9-2-4-19(17-26)24-22-16-21(6-8-23-22)25-10-13-28-14-11-25/h1,3,5-6,8,15-16,19,27H,2,4,7,9-14,17H2,(H,23,24)/t19-/m1/s1. The van der Waals surface area contributed by atoms with Gasteiger partial charge in [0.05, 0.1) is 13.2 Å². The molecule has 1 atom stereocenters. The van der Waals surface area contributed by atoms with Gasteiger partial charge in [0.2, 0.25) is 0 Å². The van der Waals surface area contributed by atoms with E-state index in [0.717, 1.165) is 58.1 Å². The van der Waals surface area contributed by atoms with Crippen LogP contribution in [0.2, 0.25) is 0 Å². The van der Waals surface area contributed by atoms with E-state index in [0.29, 0.717) is 12.5 Å². The largest absolute Gasteiger partial charge is 0.396 e. The fourth-order valence-corrected chi connectivity index (χ4v) is 4.09. The van der Waals surface area contributed by atoms with Crippen LogP contribution in [0.25, 0.3) is 0 Å². The molecular formula is C22H30N4O2. The smallest absolute Gasteiger partial charge is 0.128 e. The molecule has 2 aliphatic heterocycles. The Bertz CT molecular complexity index is 764. The zero-order chi connectivity index (χ0) is 19.2. The number of nitrogens with one attached hydrogen (secondary N) is 1. The average molecular weight is 383 g/mol. The van der Waals surface area contributed by atoms with Gasteiger partial charge in [-0.1, -0.05) is 12.1 Å². The second-order valence-electron chi connectivity index (χ2n) is 7.57. The second kappa shape index (κ2) is 9.26. The highest BCUT2D eigenvalue weighted by molar-refractivity contribution is 5.55. The Hall–Kier alpha value is -2.31. The number of pyridine rings is 1. The Kier molecular flexibility index (Phi) is 6.29. The first-order valence-electron chi connectivity index (χ1n) is 10.3. The van der Waals surface area contributed by atoms with Crippen molar-refractivity contribution in [3.8, 4) is 0 Å². The number of ether oxygens (including phenoxy) is 1. The molecule has 3 heterocycles. The van der Waals surface area contributed by atoms with Gasteiger partial charge in [-0.25, -0.2) is 4.98 Å². The lowest BCUT2D eigenvalue weighted by Gasteiger charge is -2.35. The van der Waals surface area contributed by atoms with Gasteiger partial charge in [0, 0.05) is 62.5 Å². The highest BCUT2D eigenvalue weighted by Gasteiger charge is 2.21. The topological polar surface area (TPSA) is 60.9 Å². The number of nitrogens with zero attached hydrogens (tertiary/aromatic N) is 3. The zero-order valence-electron chi connectivity index (χ0n) is 16.4. The van der Waals surface area contributed by atoms with Gasteiger partial charge in [-0.15, -0.1) is 0 Å². The first-order valence-corrected chi connectivity index (χ1v) is 10.3. The van der Waals surface area contributed by atoms with Crippen molar-refractivity contribution in [3.05, 3.63) is 48.2 Å². The minimum atomic E-state index is 0.193. The molecule has 0 aliphatic carbocycles. The maximum atomic E-state index is 9.20. The van der Waals surface area contributed by atoms with E-state index in [4.69, 9.17) is 4.74 Å². The van der Waals surface area contributed by atoms with E-state index < -0.39 is 0 Å². The zero-order valence-corrected chi connectivity index (χ0v) is 16.4. The molecule has 2 N–H and O–H groups in total. The maximum absolute atomic E-state index is 9.20. The summed E-state index contributed by atoms with van der Waals surface area (Å²) in [6.07, 6.45) is 4.91. The molecule has 28 heavy (non-hydrogen) atoms. The number of hydrogen-bond donors (Lipinski definition) is 2. The summed E-state index contributed by atoms with van der Waals surface area (Å²) in [7, 11) is 0. The molecule has 2 fully saturated rings. The predicted octanol–water partition coefficient (Wildman–Crippen LogP) is 2.53. The molecule has 2 aliphatic rings. The third kappa shape index (κ3) is 4.75. The van der Waals surface area contributed by atoms with E-state index >= 15 is 0 Å². The molecular weight excluding hydrogens is 352 g/mol. The van der Waals surface area contributed by atoms with Crippen molar-refractivity contribution >= 4 is 17.2 Å². The van der Waals surface area contributed by atoms with E-state index in [1.165, 1.54) is 16.9 Å². The Morgan fingerprint density at radius 3 is 2.79 bits per heavy atom. The Balaban J connectivity index is 1.40. The van der Waals surface area contributed by atoms with Crippen LogP contribution in [0.4, 0.5) is 17.2 Å². The van der Waals surface area contributed by atoms with Crippen LogP contribution in [0, 0.1) is 0 Å². The van der Waals surface area contributed by atoms with Crippen LogP contribution in [-0.4, -0.2) is 62.1 Å². The van der Waals surface area contributed by atoms with Crippen LogP contribution < -0.4 is 15.1 Å². The Labute approximate surface area is 167 Å². The molecule has 4 rings (SSSR count). The lowest BCUT2D eigenvalue weighted by molar-refractivity contribution is 0.122. The van der Waals surface area contributed by atoms with E-state index in [1.807, 2.05) is 6.20 Å². The van der Waals surface area contributed by atoms with E-state index in [2.05, 4.69) is 56.5 Å². The number of hydrogen-bond acceptors (Lipinski definition) is 6. The first kappa shape index (κ1) is 19.0. The quantitative estimate of drug-likeness (QED) is 0.801. The molecule has 1 aromatic heterocycles. The van der Waals surface area contributed by atoms with Gasteiger partial charge in [-0.05, 0) is 43.0 Å². The molecule has 0 spiro atoms. The van der Waals surface area contributed by atoms with Crippen LogP contribution in [0.15, 0.2) is 42.6 Å². The highest BCUT2D eigenvalue weighted by Crippen LogP contribution is 2.24. The molecule has 0 saturated carbocycles. The average Bonchev–Trinajstić information content (AvgIpc) is 2.75. The van der Waals surface area contributed by atoms with Crippen molar-refractivity contribution in [2.24, 2.45) is 0 Å². The minimum Gasteiger partial charge on any atom is -0.396 e. The van der Waals surface area contributed by atoms with Crippen LogP contribution in [-0.2, 0) is 11.2 Å². The van der Waals surface area contributed by atoms with Gasteiger partial charge in [0.15, 0.2) is 0 Å². The molecule has 6 nitrogen and oxygen atoms in total. The van der Waals surface area contributed by atoms with Gasteiger partial charge in [0.25, 0.3) is 0 Å². The van der Waals surface area contributed by atoms with Crippen LogP contribution >= 0.6 is 0 Å². The number of aliphatic hydroxyl groups is 1. The summed E-state index contributed by atoms with van der Waals surface area (Å²) in [5.41, 5.74) is 3.65. The predicted molar refractivity (Wildman–Crippen MR) is 113 cm³/mol. The molecule has 0 unspecified atom stereocenters. The summed E-state index contributed by atoms with van der Waals surface area (Å²) in [6.45, 7) is 5.68. The highest BCUT2D eigenvalue weighted by atomic mass is 16.5. The Morgan fingerprint density at radius 2 is 1.93 bits per heavy atom. The van der Waals surface area contributed by atoms with Gasteiger partial charge < -0.3 is 25.0 Å². The van der Waals surface area contributed by atoms with Crippen molar-refractivity contribution < 1.29 is 9.84 Å². The van der Waals surface area contributed by atoms with Gasteiger partial charge in [-0.2, -0.15) is 0 Å². The third-order valence-corrected chi connectivity index (χ3v) is 5.57. The lowest BCUT2D eigenvalue weighted by atomic mass is 10.0. The number of anilines is 3. The van der Waals surface area contributed by atoms with Crippen molar-refractivity contribution in [2.45, 2.75) is 25.3 Å². The summed E-state index contributed by atoms with van der Waals surface area (Å²) >= 11 is 0. The van der Waals surface area contributed by atoms with Crippen molar-refractivity contribution in [1.82, 2.24) is 4.98 Å². The van der Waals surface area contributed by atoms with E-state index in [-0.39, 0.29) is 6.61 Å². The fraction of sp³-hybridized carbons (Fsp3) is 0.500. The van der Waals surface area contributed by atoms with Crippen molar-refractivity contribution in [1.29, 1.82) is 0 Å². The first-order chi connectivity index (χ1) is 13.8. The molecule has 0 bridgehead atoms. The minimum absolute atomic E-state index is 0.193. The summed E-state index contributed by atoms with van der Waals surface area (Å²) in [5.74, 6) is 0.949. The SMILES string of the molecule is OCCc1cccc(N2CCC[C@@H](Nc3cc(N4CCOCC4)ccn3)C2)c1. The van der Waals surface area contributed by atoms with Crippen LogP contribution in [0.3, 0.4) is 0 Å². The fourth-order valence-electron chi connectivity index (χ4n) is 4.09. The van der Waals surface area contributed by atoms with Crippen LogP contribution in [0.1, 0.15) is 18.4 Å². The van der Waals surface area contributed by atoms with E-state index in [9.17, 15) is 5.11 Å². The van der Waals surface area contributed by atoms with E-state index in [1.54, 1.807) is 0 Å². The third-order valence-electron chi connectivity index (χ3n) is 5.57. The van der Waals surface area contributed by atoms with Gasteiger partial charge in [-0.3, -0.25) is 0 Å². The lowest BCUT2D eigenvalue weighted by Crippen LogP contribution is -2.42. The number of aromatic nitrogens is 1. The molecule has 1 aromatic carbocycles. The number of aliphatic hydroxyl groups excluding tert-OH is 1.